The van der Waals surface area contributed by atoms with Gasteiger partial charge in [0.2, 0.25) is 10.0 Å². The highest BCUT2D eigenvalue weighted by Crippen LogP contribution is 2.27. The molecule has 0 aliphatic carbocycles. The molecule has 0 bridgehead atoms. The number of para-hydroxylation sites is 1. The maximum absolute atomic E-state index is 11.9. The third-order valence-corrected chi connectivity index (χ3v) is 3.18. The van der Waals surface area contributed by atoms with Crippen molar-refractivity contribution in [3.63, 3.8) is 0 Å². The van der Waals surface area contributed by atoms with Crippen LogP contribution in [0.1, 0.15) is 29.4 Å². The predicted molar refractivity (Wildman–Crippen MR) is 63.8 cm³/mol. The van der Waals surface area contributed by atoms with Gasteiger partial charge >= 0.3 is 0 Å². The van der Waals surface area contributed by atoms with E-state index in [1.165, 1.54) is 7.05 Å². The van der Waals surface area contributed by atoms with Crippen molar-refractivity contribution in [1.29, 1.82) is 0 Å². The van der Waals surface area contributed by atoms with E-state index >= 15 is 0 Å². The topological polar surface area (TPSA) is 37.4 Å². The maximum atomic E-state index is 11.9. The Morgan fingerprint density at radius 3 is 2.47 bits per heavy atom. The zero-order valence-electron chi connectivity index (χ0n) is 12.1. The van der Waals surface area contributed by atoms with Gasteiger partial charge in [0.1, 0.15) is 0 Å². The van der Waals surface area contributed by atoms with Crippen molar-refractivity contribution < 1.29 is 12.5 Å². The van der Waals surface area contributed by atoms with Crippen LogP contribution in [0.5, 0.6) is 0 Å². The predicted octanol–water partition coefficient (Wildman–Crippen LogP) is 2.21. The molecular formula is C11H17NO2S. The Hall–Kier alpha value is -1.03. The zero-order valence-corrected chi connectivity index (χ0v) is 9.88. The summed E-state index contributed by atoms with van der Waals surface area (Å²) in [6.45, 7) is 3.85. The van der Waals surface area contributed by atoms with E-state index in [-0.39, 0.29) is 5.92 Å². The van der Waals surface area contributed by atoms with Gasteiger partial charge in [0.15, 0.2) is 0 Å². The fourth-order valence-electron chi connectivity index (χ4n) is 1.39. The zero-order chi connectivity index (χ0) is 14.1. The molecule has 0 saturated heterocycles. The van der Waals surface area contributed by atoms with Gasteiger partial charge in [-0.15, -0.1) is 0 Å². The first-order valence-electron chi connectivity index (χ1n) is 6.16. The summed E-state index contributed by atoms with van der Waals surface area (Å²) in [6.07, 6.45) is -3.05. The monoisotopic (exact) mass is 230 g/mol. The minimum absolute atomic E-state index is 0.107. The van der Waals surface area contributed by atoms with Crippen molar-refractivity contribution in [2.24, 2.45) is 0 Å². The van der Waals surface area contributed by atoms with Crippen LogP contribution in [0.15, 0.2) is 24.3 Å². The van der Waals surface area contributed by atoms with E-state index in [0.29, 0.717) is 5.69 Å². The van der Waals surface area contributed by atoms with Gasteiger partial charge in [-0.05, 0) is 17.5 Å². The van der Waals surface area contributed by atoms with Gasteiger partial charge in [-0.2, -0.15) is 0 Å². The molecule has 0 amide bonds. The average Bonchev–Trinajstić information content (AvgIpc) is 2.26. The number of sulfonamides is 1. The highest BCUT2D eigenvalue weighted by Gasteiger charge is 2.16. The summed E-state index contributed by atoms with van der Waals surface area (Å²) in [4.78, 5) is 0. The molecule has 0 spiro atoms. The van der Waals surface area contributed by atoms with Crippen molar-refractivity contribution >= 4 is 15.7 Å². The van der Waals surface area contributed by atoms with E-state index in [0.717, 1.165) is 9.87 Å². The third-order valence-electron chi connectivity index (χ3n) is 2.26. The molecule has 0 saturated carbocycles. The van der Waals surface area contributed by atoms with E-state index < -0.39 is 16.2 Å². The lowest BCUT2D eigenvalue weighted by Gasteiger charge is -2.21. The summed E-state index contributed by atoms with van der Waals surface area (Å²) in [7, 11) is -3.09. The van der Waals surface area contributed by atoms with Gasteiger partial charge < -0.3 is 0 Å². The molecular weight excluding hydrogens is 210 g/mol. The maximum Gasteiger partial charge on any atom is 0.232 e. The largest absolute Gasteiger partial charge is 0.273 e. The minimum Gasteiger partial charge on any atom is -0.273 e. The smallest absolute Gasteiger partial charge is 0.232 e. The first kappa shape index (κ1) is 8.16. The lowest BCUT2D eigenvalue weighted by atomic mass is 10.0. The molecule has 1 aromatic rings. The van der Waals surface area contributed by atoms with E-state index in [9.17, 15) is 8.42 Å². The molecule has 0 atom stereocenters. The molecule has 1 aromatic carbocycles. The van der Waals surface area contributed by atoms with Crippen LogP contribution in [0.4, 0.5) is 5.69 Å². The number of benzene rings is 1. The van der Waals surface area contributed by atoms with Crippen LogP contribution in [0, 0.1) is 0 Å². The lowest BCUT2D eigenvalue weighted by Crippen LogP contribution is -2.26. The van der Waals surface area contributed by atoms with E-state index in [1.807, 2.05) is 13.8 Å². The molecule has 0 fully saturated rings. The summed E-state index contributed by atoms with van der Waals surface area (Å²) >= 11 is 0. The summed E-state index contributed by atoms with van der Waals surface area (Å²) < 4.78 is 45.9. The van der Waals surface area contributed by atoms with Gasteiger partial charge in [0, 0.05) is 11.2 Å². The number of anilines is 1. The van der Waals surface area contributed by atoms with Crippen LogP contribution in [-0.2, 0) is 10.0 Å². The van der Waals surface area contributed by atoms with Crippen molar-refractivity contribution in [2.45, 2.75) is 19.8 Å². The van der Waals surface area contributed by atoms with Crippen LogP contribution in [0.2, 0.25) is 0 Å². The van der Waals surface area contributed by atoms with Crippen LogP contribution in [0.25, 0.3) is 0 Å². The Labute approximate surface area is 96.0 Å². The molecule has 0 N–H and O–H groups in total. The third kappa shape index (κ3) is 2.72. The molecule has 0 heterocycles. The van der Waals surface area contributed by atoms with Gasteiger partial charge in [0.05, 0.1) is 11.9 Å². The molecule has 84 valence electrons. The van der Waals surface area contributed by atoms with E-state index in [4.69, 9.17) is 4.11 Å². The highest BCUT2D eigenvalue weighted by molar-refractivity contribution is 7.92. The van der Waals surface area contributed by atoms with Crippen LogP contribution < -0.4 is 4.31 Å². The van der Waals surface area contributed by atoms with Gasteiger partial charge in [-0.1, -0.05) is 32.0 Å². The summed E-state index contributed by atoms with van der Waals surface area (Å²) in [6, 6.07) is 6.89. The molecule has 0 radical (unpaired) electrons. The Morgan fingerprint density at radius 2 is 1.93 bits per heavy atom. The quantitative estimate of drug-likeness (QED) is 0.798. The molecule has 0 aliphatic rings. The SMILES string of the molecule is [2H]C([2H])([2H])S(=O)(=O)N(C)c1ccccc1C(C)C. The molecule has 0 aromatic heterocycles. The molecule has 0 aliphatic heterocycles. The van der Waals surface area contributed by atoms with Gasteiger partial charge in [-0.3, -0.25) is 4.31 Å². The van der Waals surface area contributed by atoms with Gasteiger partial charge in [0.25, 0.3) is 0 Å². The normalized spacial score (nSPS) is 15.6. The van der Waals surface area contributed by atoms with E-state index in [2.05, 4.69) is 0 Å². The summed E-state index contributed by atoms with van der Waals surface area (Å²) in [5.41, 5.74) is 1.21. The molecule has 3 nitrogen and oxygen atoms in total. The Morgan fingerprint density at radius 1 is 1.33 bits per heavy atom. The fraction of sp³-hybridized carbons (Fsp3) is 0.455. The van der Waals surface area contributed by atoms with Crippen LogP contribution in [0.3, 0.4) is 0 Å². The Balaban J connectivity index is 3.33. The second-order valence-corrected chi connectivity index (χ2v) is 5.18. The molecule has 1 rings (SSSR count). The Bertz CT molecular complexity index is 523. The number of hydrogen-bond donors (Lipinski definition) is 0. The number of nitrogens with zero attached hydrogens (tertiary/aromatic N) is 1. The molecule has 15 heavy (non-hydrogen) atoms. The van der Waals surface area contributed by atoms with E-state index in [1.54, 1.807) is 24.3 Å². The van der Waals surface area contributed by atoms with Crippen LogP contribution >= 0.6 is 0 Å². The van der Waals surface area contributed by atoms with Gasteiger partial charge in [-0.25, -0.2) is 8.42 Å². The fourth-order valence-corrected chi connectivity index (χ4v) is 1.82. The first-order valence-corrected chi connectivity index (χ1v) is 6.10. The van der Waals surface area contributed by atoms with Crippen molar-refractivity contribution in [3.05, 3.63) is 29.8 Å². The van der Waals surface area contributed by atoms with Crippen molar-refractivity contribution in [3.8, 4) is 0 Å². The Kier molecular flexibility index (Phi) is 2.30. The minimum atomic E-state index is -4.35. The molecule has 0 unspecified atom stereocenters. The van der Waals surface area contributed by atoms with Crippen molar-refractivity contribution in [1.82, 2.24) is 0 Å². The number of hydrogen-bond acceptors (Lipinski definition) is 2. The first-order chi connectivity index (χ1) is 8.09. The standard InChI is InChI=1S/C11H17NO2S/c1-9(2)10-7-5-6-8-11(10)12(3)15(4,13)14/h5-9H,1-4H3/i4D3. The lowest BCUT2D eigenvalue weighted by molar-refractivity contribution is 0.600. The second kappa shape index (κ2) is 4.23. The summed E-state index contributed by atoms with van der Waals surface area (Å²) in [5, 5.41) is 0. The van der Waals surface area contributed by atoms with Crippen LogP contribution in [-0.4, -0.2) is 21.6 Å². The van der Waals surface area contributed by atoms with Crippen molar-refractivity contribution in [2.75, 3.05) is 17.5 Å². The number of rotatable bonds is 3. The highest BCUT2D eigenvalue weighted by atomic mass is 32.2. The molecule has 4 heteroatoms. The second-order valence-electron chi connectivity index (χ2n) is 3.69. The average molecular weight is 230 g/mol. The summed E-state index contributed by atoms with van der Waals surface area (Å²) in [5.74, 6) is 0.107.